The molecular weight excluding hydrogens is 388 g/mol. The van der Waals surface area contributed by atoms with Gasteiger partial charge in [-0.05, 0) is 56.2 Å². The molecule has 0 fully saturated rings. The molecule has 1 N–H and O–H groups in total. The van der Waals surface area contributed by atoms with Gasteiger partial charge in [0.1, 0.15) is 0 Å². The Labute approximate surface area is 184 Å². The van der Waals surface area contributed by atoms with Crippen LogP contribution in [0.15, 0.2) is 65.3 Å². The summed E-state index contributed by atoms with van der Waals surface area (Å²) in [6.45, 7) is 8.71. The first-order valence-corrected chi connectivity index (χ1v) is 10.9. The summed E-state index contributed by atoms with van der Waals surface area (Å²) in [5, 5.41) is 8.55. The molecule has 0 unspecified atom stereocenters. The van der Waals surface area contributed by atoms with Gasteiger partial charge in [0.2, 0.25) is 0 Å². The van der Waals surface area contributed by atoms with Crippen LogP contribution in [0.5, 0.6) is 0 Å². The van der Waals surface area contributed by atoms with E-state index in [1.54, 1.807) is 18.2 Å². The smallest absolute Gasteiger partial charge is 0.281 e. The Bertz CT molecular complexity index is 961. The lowest BCUT2D eigenvalue weighted by Gasteiger charge is -2.20. The van der Waals surface area contributed by atoms with Crippen molar-refractivity contribution in [2.24, 2.45) is 5.10 Å². The number of carbonyl (C=O) groups is 2. The first-order chi connectivity index (χ1) is 15.1. The highest BCUT2D eigenvalue weighted by molar-refractivity contribution is 6.55. The van der Waals surface area contributed by atoms with Gasteiger partial charge in [0.25, 0.3) is 11.8 Å². The van der Waals surface area contributed by atoms with Crippen molar-refractivity contribution in [2.75, 3.05) is 29.5 Å². The first-order valence-electron chi connectivity index (χ1n) is 10.9. The average molecular weight is 419 g/mol. The van der Waals surface area contributed by atoms with Gasteiger partial charge < -0.3 is 10.2 Å². The van der Waals surface area contributed by atoms with Crippen molar-refractivity contribution in [1.82, 2.24) is 5.32 Å². The Morgan fingerprint density at radius 3 is 2.32 bits per heavy atom. The Kier molecular flexibility index (Phi) is 7.60. The molecule has 0 radical (unpaired) electrons. The molecular formula is C25H30N4O2. The zero-order valence-electron chi connectivity index (χ0n) is 18.5. The van der Waals surface area contributed by atoms with Crippen LogP contribution in [0.2, 0.25) is 0 Å². The second kappa shape index (κ2) is 10.6. The fourth-order valence-corrected chi connectivity index (χ4v) is 3.46. The lowest BCUT2D eigenvalue weighted by Crippen LogP contribution is -2.32. The van der Waals surface area contributed by atoms with Crippen molar-refractivity contribution >= 4 is 35.0 Å². The molecule has 1 heterocycles. The molecule has 162 valence electrons. The molecule has 3 rings (SSSR count). The van der Waals surface area contributed by atoms with Gasteiger partial charge in [0.15, 0.2) is 5.71 Å². The van der Waals surface area contributed by atoms with E-state index >= 15 is 0 Å². The van der Waals surface area contributed by atoms with Crippen molar-refractivity contribution in [3.8, 4) is 0 Å². The monoisotopic (exact) mass is 418 g/mol. The maximum Gasteiger partial charge on any atom is 0.281 e. The number of amides is 2. The first kappa shape index (κ1) is 22.3. The number of nitrogens with zero attached hydrogens (tertiary/aromatic N) is 3. The summed E-state index contributed by atoms with van der Waals surface area (Å²) >= 11 is 0. The normalized spacial score (nSPS) is 14.7. The third-order valence-corrected chi connectivity index (χ3v) is 5.24. The minimum Gasteiger partial charge on any atom is -0.372 e. The van der Waals surface area contributed by atoms with E-state index in [1.807, 2.05) is 42.5 Å². The number of hydrogen-bond acceptors (Lipinski definition) is 4. The average Bonchev–Trinajstić information content (AvgIpc) is 3.12. The predicted octanol–water partition coefficient (Wildman–Crippen LogP) is 4.24. The molecule has 0 saturated heterocycles. The Balaban J connectivity index is 1.92. The molecule has 0 bridgehead atoms. The molecule has 0 saturated carbocycles. The molecule has 6 heteroatoms. The van der Waals surface area contributed by atoms with Crippen LogP contribution in [-0.2, 0) is 9.59 Å². The van der Waals surface area contributed by atoms with Gasteiger partial charge >= 0.3 is 0 Å². The van der Waals surface area contributed by atoms with Gasteiger partial charge in [-0.2, -0.15) is 10.1 Å². The van der Waals surface area contributed by atoms with Crippen LogP contribution >= 0.6 is 0 Å². The van der Waals surface area contributed by atoms with E-state index < -0.39 is 0 Å². The summed E-state index contributed by atoms with van der Waals surface area (Å²) in [6, 6.07) is 17.2. The molecule has 2 amide bonds. The number of para-hydroxylation sites is 1. The number of carbonyl (C=O) groups excluding carboxylic acids is 2. The second-order valence-corrected chi connectivity index (χ2v) is 7.33. The number of hydrogen-bond donors (Lipinski definition) is 1. The van der Waals surface area contributed by atoms with Crippen molar-refractivity contribution in [3.05, 3.63) is 65.7 Å². The molecule has 0 aromatic heterocycles. The predicted molar refractivity (Wildman–Crippen MR) is 127 cm³/mol. The van der Waals surface area contributed by atoms with Crippen LogP contribution < -0.4 is 15.2 Å². The molecule has 31 heavy (non-hydrogen) atoms. The van der Waals surface area contributed by atoms with Crippen molar-refractivity contribution < 1.29 is 9.59 Å². The Hall–Kier alpha value is -3.41. The van der Waals surface area contributed by atoms with Crippen LogP contribution in [0.4, 0.5) is 11.4 Å². The standard InChI is InChI=1S/C25H30N4O2/c1-4-7-17-26-24(30)23-22(25(31)29(27-23)21-11-9-8-10-12-21)18-19-13-15-20(16-14-19)28(5-2)6-3/h8-16,18H,4-7,17H2,1-3H3,(H,26,30)/b22-18-. The molecule has 0 aliphatic carbocycles. The van der Waals surface area contributed by atoms with Crippen molar-refractivity contribution in [2.45, 2.75) is 33.6 Å². The summed E-state index contributed by atoms with van der Waals surface area (Å²) in [6.07, 6.45) is 3.60. The Morgan fingerprint density at radius 2 is 1.71 bits per heavy atom. The molecule has 2 aromatic carbocycles. The largest absolute Gasteiger partial charge is 0.372 e. The number of benzene rings is 2. The third-order valence-electron chi connectivity index (χ3n) is 5.24. The van der Waals surface area contributed by atoms with Crippen LogP contribution in [0.25, 0.3) is 6.08 Å². The number of rotatable bonds is 9. The molecule has 0 atom stereocenters. The fraction of sp³-hybridized carbons (Fsp3) is 0.320. The minimum atomic E-state index is -0.328. The molecule has 1 aliphatic rings. The maximum absolute atomic E-state index is 13.2. The topological polar surface area (TPSA) is 65.0 Å². The number of nitrogens with one attached hydrogen (secondary N) is 1. The van der Waals surface area contributed by atoms with Crippen LogP contribution in [0.3, 0.4) is 0 Å². The van der Waals surface area contributed by atoms with Gasteiger partial charge in [-0.25, -0.2) is 0 Å². The highest BCUT2D eigenvalue weighted by Gasteiger charge is 2.34. The lowest BCUT2D eigenvalue weighted by molar-refractivity contribution is -0.116. The summed E-state index contributed by atoms with van der Waals surface area (Å²) in [5.74, 6) is -0.633. The molecule has 1 aliphatic heterocycles. The summed E-state index contributed by atoms with van der Waals surface area (Å²) in [5.41, 5.74) is 3.06. The third kappa shape index (κ3) is 5.20. The summed E-state index contributed by atoms with van der Waals surface area (Å²) < 4.78 is 0. The quantitative estimate of drug-likeness (QED) is 0.489. The van der Waals surface area contributed by atoms with Gasteiger partial charge in [0, 0.05) is 25.3 Å². The highest BCUT2D eigenvalue weighted by Crippen LogP contribution is 2.25. The SMILES string of the molecule is CCCCNC(=O)C1=NN(c2ccccc2)C(=O)/C1=C\c1ccc(N(CC)CC)cc1. The van der Waals surface area contributed by atoms with Gasteiger partial charge in [0.05, 0.1) is 11.3 Å². The van der Waals surface area contributed by atoms with E-state index in [1.165, 1.54) is 5.01 Å². The van der Waals surface area contributed by atoms with E-state index in [0.29, 0.717) is 17.8 Å². The van der Waals surface area contributed by atoms with Crippen LogP contribution in [0.1, 0.15) is 39.2 Å². The minimum absolute atomic E-state index is 0.151. The molecule has 2 aromatic rings. The summed E-state index contributed by atoms with van der Waals surface area (Å²) in [7, 11) is 0. The van der Waals surface area contributed by atoms with Crippen molar-refractivity contribution in [1.29, 1.82) is 0 Å². The summed E-state index contributed by atoms with van der Waals surface area (Å²) in [4.78, 5) is 28.2. The number of anilines is 2. The van der Waals surface area contributed by atoms with Crippen LogP contribution in [0, 0.1) is 0 Å². The molecule has 6 nitrogen and oxygen atoms in total. The van der Waals surface area contributed by atoms with E-state index in [4.69, 9.17) is 0 Å². The zero-order chi connectivity index (χ0) is 22.2. The Morgan fingerprint density at radius 1 is 1.03 bits per heavy atom. The van der Waals surface area contributed by atoms with Gasteiger partial charge in [-0.15, -0.1) is 0 Å². The highest BCUT2D eigenvalue weighted by atomic mass is 16.2. The van der Waals surface area contributed by atoms with Crippen molar-refractivity contribution in [3.63, 3.8) is 0 Å². The van der Waals surface area contributed by atoms with Gasteiger partial charge in [-0.3, -0.25) is 9.59 Å². The zero-order valence-corrected chi connectivity index (χ0v) is 18.5. The van der Waals surface area contributed by atoms with Crippen LogP contribution in [-0.4, -0.2) is 37.2 Å². The van der Waals surface area contributed by atoms with E-state index in [-0.39, 0.29) is 17.5 Å². The second-order valence-electron chi connectivity index (χ2n) is 7.33. The number of unbranched alkanes of at least 4 members (excludes halogenated alkanes) is 1. The lowest BCUT2D eigenvalue weighted by atomic mass is 10.0. The number of hydrazone groups is 1. The van der Waals surface area contributed by atoms with E-state index in [2.05, 4.69) is 36.1 Å². The maximum atomic E-state index is 13.2. The van der Waals surface area contributed by atoms with E-state index in [0.717, 1.165) is 37.2 Å². The van der Waals surface area contributed by atoms with Gasteiger partial charge in [-0.1, -0.05) is 43.7 Å². The van der Waals surface area contributed by atoms with E-state index in [9.17, 15) is 9.59 Å². The fourth-order valence-electron chi connectivity index (χ4n) is 3.46. The molecule has 0 spiro atoms.